The molecule has 0 fully saturated rings. The molecule has 0 saturated carbocycles. The van der Waals surface area contributed by atoms with Crippen molar-refractivity contribution in [3.05, 3.63) is 5.21 Å². The second-order valence-corrected chi connectivity index (χ2v) is 5.47. The van der Waals surface area contributed by atoms with Crippen molar-refractivity contribution in [2.45, 2.75) is 52.6 Å². The second-order valence-electron chi connectivity index (χ2n) is 5.47. The van der Waals surface area contributed by atoms with Crippen molar-refractivity contribution >= 4 is 11.4 Å². The fourth-order valence-electron chi connectivity index (χ4n) is 1.24. The average Bonchev–Trinajstić information content (AvgIpc) is 2.32. The van der Waals surface area contributed by atoms with Gasteiger partial charge >= 0.3 is 0 Å². The molecule has 0 aliphatic heterocycles. The Hall–Kier alpha value is -1.14. The number of nitrogens with one attached hydrogen (secondary N) is 2. The van der Waals surface area contributed by atoms with Gasteiger partial charge in [0.1, 0.15) is 0 Å². The summed E-state index contributed by atoms with van der Waals surface area (Å²) in [5, 5.41) is 31.9. The van der Waals surface area contributed by atoms with Crippen LogP contribution in [0.2, 0.25) is 0 Å². The number of oxime groups is 1. The van der Waals surface area contributed by atoms with Gasteiger partial charge in [0.15, 0.2) is 0 Å². The molecule has 18 heavy (non-hydrogen) atoms. The third-order valence-corrected chi connectivity index (χ3v) is 3.35. The van der Waals surface area contributed by atoms with Crippen LogP contribution in [0.5, 0.6) is 0 Å². The highest BCUT2D eigenvalue weighted by atomic mass is 16.4. The summed E-state index contributed by atoms with van der Waals surface area (Å²) in [6.45, 7) is 12.6. The number of rotatable bonds is 7. The molecule has 0 spiro atoms. The van der Waals surface area contributed by atoms with Gasteiger partial charge in [-0.2, -0.15) is 0 Å². The molecule has 0 aromatic carbocycles. The Morgan fingerprint density at radius 3 is 1.72 bits per heavy atom. The standard InChI is InChI=1S/C12H26N4O2/c1-9(15-17)11(3,4)13-7-8-14-12(5,6)10(2)16-18/h13-14,17-18H,7-8H2,1-6H3/p-1/b15-9+,16-10+. The molecule has 0 aliphatic carbocycles. The van der Waals surface area contributed by atoms with E-state index in [-0.39, 0.29) is 5.54 Å². The highest BCUT2D eigenvalue weighted by Gasteiger charge is 2.22. The highest BCUT2D eigenvalue weighted by molar-refractivity contribution is 5.91. The quantitative estimate of drug-likeness (QED) is 0.279. The summed E-state index contributed by atoms with van der Waals surface area (Å²) >= 11 is 0. The lowest BCUT2D eigenvalue weighted by atomic mass is 9.99. The molecule has 0 unspecified atom stereocenters. The van der Waals surface area contributed by atoms with Gasteiger partial charge in [-0.25, -0.2) is 0 Å². The van der Waals surface area contributed by atoms with Crippen LogP contribution in [0.1, 0.15) is 41.5 Å². The molecule has 0 saturated heterocycles. The van der Waals surface area contributed by atoms with Crippen LogP contribution in [0.3, 0.4) is 0 Å². The fourth-order valence-corrected chi connectivity index (χ4v) is 1.24. The predicted octanol–water partition coefficient (Wildman–Crippen LogP) is 1.53. The molecular formula is C12H25N4O2-. The molecule has 0 radical (unpaired) electrons. The summed E-state index contributed by atoms with van der Waals surface area (Å²) in [7, 11) is 0. The Labute approximate surface area is 109 Å². The van der Waals surface area contributed by atoms with Crippen LogP contribution in [0.4, 0.5) is 0 Å². The second kappa shape index (κ2) is 6.70. The number of nitrogens with zero attached hydrogens (tertiary/aromatic N) is 2. The van der Waals surface area contributed by atoms with Crippen LogP contribution in [0.15, 0.2) is 10.3 Å². The van der Waals surface area contributed by atoms with Gasteiger partial charge in [0.25, 0.3) is 0 Å². The summed E-state index contributed by atoms with van der Waals surface area (Å²) in [6, 6.07) is 0. The van der Waals surface area contributed by atoms with E-state index in [2.05, 4.69) is 20.9 Å². The fraction of sp³-hybridized carbons (Fsp3) is 0.833. The Balaban J connectivity index is 4.16. The van der Waals surface area contributed by atoms with Crippen LogP contribution >= 0.6 is 0 Å². The van der Waals surface area contributed by atoms with E-state index < -0.39 is 5.54 Å². The molecule has 3 N–H and O–H groups in total. The van der Waals surface area contributed by atoms with Crippen molar-refractivity contribution in [2.75, 3.05) is 13.1 Å². The first-order chi connectivity index (χ1) is 8.17. The monoisotopic (exact) mass is 257 g/mol. The first-order valence-electron chi connectivity index (χ1n) is 6.04. The van der Waals surface area contributed by atoms with E-state index in [1.807, 2.05) is 27.7 Å². The Morgan fingerprint density at radius 2 is 1.39 bits per heavy atom. The number of hydrogen-bond donors (Lipinski definition) is 3. The van der Waals surface area contributed by atoms with Gasteiger partial charge in [-0.1, -0.05) is 5.16 Å². The molecule has 0 bridgehead atoms. The molecule has 106 valence electrons. The minimum Gasteiger partial charge on any atom is -0.792 e. The van der Waals surface area contributed by atoms with E-state index in [0.717, 1.165) is 0 Å². The lowest BCUT2D eigenvalue weighted by Crippen LogP contribution is -2.52. The maximum absolute atomic E-state index is 10.5. The zero-order chi connectivity index (χ0) is 14.4. The largest absolute Gasteiger partial charge is 0.792 e. The Kier molecular flexibility index (Phi) is 6.28. The molecule has 6 heteroatoms. The molecule has 0 aromatic rings. The van der Waals surface area contributed by atoms with E-state index in [1.54, 1.807) is 13.8 Å². The van der Waals surface area contributed by atoms with Gasteiger partial charge in [0, 0.05) is 18.8 Å². The molecule has 6 nitrogen and oxygen atoms in total. The minimum absolute atomic E-state index is 0.359. The Morgan fingerprint density at radius 1 is 1.00 bits per heavy atom. The van der Waals surface area contributed by atoms with Crippen molar-refractivity contribution in [1.29, 1.82) is 0 Å². The summed E-state index contributed by atoms with van der Waals surface area (Å²) in [6.07, 6.45) is 0. The molecule has 0 atom stereocenters. The average molecular weight is 257 g/mol. The molecule has 0 amide bonds. The van der Waals surface area contributed by atoms with Crippen LogP contribution in [-0.4, -0.2) is 40.8 Å². The van der Waals surface area contributed by atoms with Gasteiger partial charge in [-0.05, 0) is 41.5 Å². The zero-order valence-corrected chi connectivity index (χ0v) is 12.2. The van der Waals surface area contributed by atoms with Crippen LogP contribution in [-0.2, 0) is 0 Å². The summed E-state index contributed by atoms with van der Waals surface area (Å²) < 4.78 is 0. The first-order valence-corrected chi connectivity index (χ1v) is 6.04. The van der Waals surface area contributed by atoms with Crippen molar-refractivity contribution in [1.82, 2.24) is 10.6 Å². The van der Waals surface area contributed by atoms with E-state index >= 15 is 0 Å². The first kappa shape index (κ1) is 16.9. The highest BCUT2D eigenvalue weighted by Crippen LogP contribution is 2.06. The molecule has 0 aromatic heterocycles. The SMILES string of the molecule is C/C(=N\[O-])C(C)(C)NCCNC(C)(C)/C(C)=N/O. The van der Waals surface area contributed by atoms with Crippen molar-refractivity contribution in [3.8, 4) is 0 Å². The maximum atomic E-state index is 10.5. The van der Waals surface area contributed by atoms with Gasteiger partial charge in [0.2, 0.25) is 0 Å². The minimum atomic E-state index is -0.409. The van der Waals surface area contributed by atoms with Gasteiger partial charge in [-0.3, -0.25) is 0 Å². The summed E-state index contributed by atoms with van der Waals surface area (Å²) in [5.41, 5.74) is 0.379. The third kappa shape index (κ3) is 5.01. The van der Waals surface area contributed by atoms with E-state index in [0.29, 0.717) is 24.5 Å². The lowest BCUT2D eigenvalue weighted by Gasteiger charge is -2.30. The zero-order valence-electron chi connectivity index (χ0n) is 12.2. The van der Waals surface area contributed by atoms with E-state index in [1.165, 1.54) is 0 Å². The van der Waals surface area contributed by atoms with Crippen molar-refractivity contribution in [3.63, 3.8) is 0 Å². The van der Waals surface area contributed by atoms with Crippen LogP contribution in [0, 0.1) is 5.21 Å². The van der Waals surface area contributed by atoms with Crippen molar-refractivity contribution < 1.29 is 5.21 Å². The van der Waals surface area contributed by atoms with Crippen LogP contribution < -0.4 is 10.6 Å². The molecule has 0 rings (SSSR count). The molecule has 0 aliphatic rings. The predicted molar refractivity (Wildman–Crippen MR) is 75.5 cm³/mol. The third-order valence-electron chi connectivity index (χ3n) is 3.35. The lowest BCUT2D eigenvalue weighted by molar-refractivity contribution is 0.310. The summed E-state index contributed by atoms with van der Waals surface area (Å²) in [4.78, 5) is 0. The van der Waals surface area contributed by atoms with E-state index in [4.69, 9.17) is 5.21 Å². The van der Waals surface area contributed by atoms with Gasteiger partial charge in [0.05, 0.1) is 16.8 Å². The summed E-state index contributed by atoms with van der Waals surface area (Å²) in [5.74, 6) is 0. The maximum Gasteiger partial charge on any atom is 0.0734 e. The van der Waals surface area contributed by atoms with Gasteiger partial charge < -0.3 is 26.2 Å². The molecular weight excluding hydrogens is 232 g/mol. The smallest absolute Gasteiger partial charge is 0.0734 e. The van der Waals surface area contributed by atoms with Crippen molar-refractivity contribution in [2.24, 2.45) is 10.3 Å². The number of hydrogen-bond acceptors (Lipinski definition) is 6. The Bertz CT molecular complexity index is 290. The van der Waals surface area contributed by atoms with E-state index in [9.17, 15) is 5.21 Å². The molecule has 0 heterocycles. The van der Waals surface area contributed by atoms with Crippen LogP contribution in [0.25, 0.3) is 0 Å². The topological polar surface area (TPSA) is 92.1 Å². The normalized spacial score (nSPS) is 15.0. The van der Waals surface area contributed by atoms with Gasteiger partial charge in [-0.15, -0.1) is 0 Å².